The molecule has 1 aliphatic carbocycles. The molecule has 11 nitrogen and oxygen atoms in total. The lowest BCUT2D eigenvalue weighted by Crippen LogP contribution is -2.50. The van der Waals surface area contributed by atoms with Crippen LogP contribution in [0.5, 0.6) is 0 Å². The number of hydrogen-bond acceptors (Lipinski definition) is 9. The molecule has 0 aromatic carbocycles. The van der Waals surface area contributed by atoms with Gasteiger partial charge in [-0.15, -0.1) is 0 Å². The molecule has 1 amide bonds. The quantitative estimate of drug-likeness (QED) is 0.281. The van der Waals surface area contributed by atoms with Crippen molar-refractivity contribution in [1.29, 1.82) is 0 Å². The first kappa shape index (κ1) is 22.7. The number of phosphoric ester groups is 1. The summed E-state index contributed by atoms with van der Waals surface area (Å²) in [6, 6.07) is -0.624. The van der Waals surface area contributed by atoms with Crippen LogP contribution >= 0.6 is 7.82 Å². The molecular weight excluding hydrogens is 395 g/mol. The number of carbonyl (C=O) groups excluding carboxylic acids is 2. The summed E-state index contributed by atoms with van der Waals surface area (Å²) in [6.45, 7) is 3.48. The van der Waals surface area contributed by atoms with E-state index in [1.807, 2.05) is 0 Å². The number of ether oxygens (including phenoxy) is 1. The highest BCUT2D eigenvalue weighted by atomic mass is 31.2. The monoisotopic (exact) mass is 422 g/mol. The number of nitro groups is 1. The van der Waals surface area contributed by atoms with E-state index in [1.165, 1.54) is 7.11 Å². The molecule has 2 atom stereocenters. The number of esters is 1. The molecule has 160 valence electrons. The highest BCUT2D eigenvalue weighted by Crippen LogP contribution is 2.58. The first-order valence-corrected chi connectivity index (χ1v) is 10.6. The number of hydrogen-bond donors (Lipinski definition) is 1. The summed E-state index contributed by atoms with van der Waals surface area (Å²) < 4.78 is 33.7. The van der Waals surface area contributed by atoms with Gasteiger partial charge in [0.1, 0.15) is 0 Å². The lowest BCUT2D eigenvalue weighted by atomic mass is 9.87. The maximum Gasteiger partial charge on any atom is 0.475 e. The van der Waals surface area contributed by atoms with E-state index < -0.39 is 43.4 Å². The summed E-state index contributed by atoms with van der Waals surface area (Å²) in [5.74, 6) is -0.995. The standard InChI is InChI=1S/C16H27N2O9P/c1-16(2)10-25-28(23,26-12-6-4-11(5-7-12)18(21)22)27-14(16)15(20)17-9-8-13(19)24-3/h11-12,14H,4-10H2,1-3H3,(H,17,20)/t11?,12?,14?,28-/m0/s1. The smallest absolute Gasteiger partial charge is 0.469 e. The fourth-order valence-corrected chi connectivity index (χ4v) is 4.99. The summed E-state index contributed by atoms with van der Waals surface area (Å²) in [4.78, 5) is 34.2. The molecule has 2 rings (SSSR count). The largest absolute Gasteiger partial charge is 0.475 e. The van der Waals surface area contributed by atoms with Crippen LogP contribution < -0.4 is 5.32 Å². The normalized spacial score (nSPS) is 32.3. The van der Waals surface area contributed by atoms with E-state index in [0.717, 1.165) is 0 Å². The van der Waals surface area contributed by atoms with E-state index in [1.54, 1.807) is 13.8 Å². The number of rotatable bonds is 7. The molecule has 1 heterocycles. The van der Waals surface area contributed by atoms with Gasteiger partial charge in [-0.2, -0.15) is 0 Å². The van der Waals surface area contributed by atoms with Gasteiger partial charge in [0.15, 0.2) is 6.10 Å². The number of nitrogens with zero attached hydrogens (tertiary/aromatic N) is 1. The lowest BCUT2D eigenvalue weighted by Gasteiger charge is -2.40. The molecule has 2 fully saturated rings. The Morgan fingerprint density at radius 1 is 1.29 bits per heavy atom. The van der Waals surface area contributed by atoms with Crippen molar-refractivity contribution in [3.05, 3.63) is 10.1 Å². The van der Waals surface area contributed by atoms with Crippen molar-refractivity contribution in [2.24, 2.45) is 5.41 Å². The van der Waals surface area contributed by atoms with Gasteiger partial charge in [-0.1, -0.05) is 13.8 Å². The fraction of sp³-hybridized carbons (Fsp3) is 0.875. The summed E-state index contributed by atoms with van der Waals surface area (Å²) in [5, 5.41) is 13.4. The van der Waals surface area contributed by atoms with Gasteiger partial charge in [-0.05, 0) is 12.8 Å². The third-order valence-electron chi connectivity index (χ3n) is 4.85. The summed E-state index contributed by atoms with van der Waals surface area (Å²) in [6.07, 6.45) is -0.226. The number of amides is 1. The van der Waals surface area contributed by atoms with Gasteiger partial charge in [0, 0.05) is 29.7 Å². The molecule has 12 heteroatoms. The second kappa shape index (κ2) is 9.30. The first-order valence-electron chi connectivity index (χ1n) is 9.16. The Morgan fingerprint density at radius 2 is 1.93 bits per heavy atom. The highest BCUT2D eigenvalue weighted by molar-refractivity contribution is 7.48. The number of phosphoric acid groups is 1. The zero-order chi connectivity index (χ0) is 20.9. The molecule has 1 unspecified atom stereocenters. The Hall–Kier alpha value is -1.55. The first-order chi connectivity index (χ1) is 13.1. The van der Waals surface area contributed by atoms with Gasteiger partial charge < -0.3 is 10.1 Å². The molecule has 2 aliphatic rings. The van der Waals surface area contributed by atoms with Gasteiger partial charge in [0.25, 0.3) is 0 Å². The third kappa shape index (κ3) is 5.97. The number of methoxy groups -OCH3 is 1. The van der Waals surface area contributed by atoms with E-state index >= 15 is 0 Å². The van der Waals surface area contributed by atoms with Crippen molar-refractivity contribution in [1.82, 2.24) is 5.32 Å². The molecular formula is C16H27N2O9P. The van der Waals surface area contributed by atoms with Crippen LogP contribution in [0.15, 0.2) is 0 Å². The molecule has 0 aromatic heterocycles. The zero-order valence-electron chi connectivity index (χ0n) is 16.3. The van der Waals surface area contributed by atoms with Crippen molar-refractivity contribution in [3.63, 3.8) is 0 Å². The molecule has 0 radical (unpaired) electrons. The minimum atomic E-state index is -3.99. The Morgan fingerprint density at radius 3 is 2.50 bits per heavy atom. The second-order valence-corrected chi connectivity index (χ2v) is 9.21. The van der Waals surface area contributed by atoms with E-state index in [9.17, 15) is 24.3 Å². The van der Waals surface area contributed by atoms with Gasteiger partial charge in [-0.3, -0.25) is 33.3 Å². The van der Waals surface area contributed by atoms with Gasteiger partial charge >= 0.3 is 13.8 Å². The fourth-order valence-electron chi connectivity index (χ4n) is 3.11. The Balaban J connectivity index is 1.94. The average molecular weight is 422 g/mol. The van der Waals surface area contributed by atoms with Gasteiger partial charge in [0.2, 0.25) is 11.9 Å². The van der Waals surface area contributed by atoms with Crippen molar-refractivity contribution in [3.8, 4) is 0 Å². The molecule has 1 aliphatic heterocycles. The average Bonchev–Trinajstić information content (AvgIpc) is 2.64. The molecule has 0 aromatic rings. The van der Waals surface area contributed by atoms with Crippen LogP contribution in [-0.4, -0.2) is 55.3 Å². The van der Waals surface area contributed by atoms with Crippen LogP contribution in [0.1, 0.15) is 46.0 Å². The molecule has 28 heavy (non-hydrogen) atoms. The van der Waals surface area contributed by atoms with Crippen molar-refractivity contribution < 1.29 is 37.4 Å². The maximum absolute atomic E-state index is 12.9. The van der Waals surface area contributed by atoms with Crippen molar-refractivity contribution >= 4 is 19.7 Å². The van der Waals surface area contributed by atoms with Gasteiger partial charge in [0.05, 0.1) is 26.2 Å². The lowest BCUT2D eigenvalue weighted by molar-refractivity contribution is -0.527. The molecule has 1 N–H and O–H groups in total. The Bertz CT molecular complexity index is 646. The van der Waals surface area contributed by atoms with Crippen LogP contribution in [0.2, 0.25) is 0 Å². The minimum Gasteiger partial charge on any atom is -0.469 e. The van der Waals surface area contributed by atoms with Crippen LogP contribution in [0, 0.1) is 15.5 Å². The SMILES string of the molecule is COC(=O)CCNC(=O)C1O[P@](=O)(OC2CCC([N+](=O)[O-])CC2)OCC1(C)C. The van der Waals surface area contributed by atoms with Crippen LogP contribution in [0.4, 0.5) is 0 Å². The predicted molar refractivity (Wildman–Crippen MR) is 96.0 cm³/mol. The summed E-state index contributed by atoms with van der Waals surface area (Å²) in [7, 11) is -2.74. The molecule has 1 saturated carbocycles. The molecule has 0 spiro atoms. The minimum absolute atomic E-state index is 0.000262. The van der Waals surface area contributed by atoms with Crippen molar-refractivity contribution in [2.45, 2.75) is 64.2 Å². The number of carbonyl (C=O) groups is 2. The third-order valence-corrected chi connectivity index (χ3v) is 6.32. The summed E-state index contributed by atoms with van der Waals surface area (Å²) >= 11 is 0. The van der Waals surface area contributed by atoms with E-state index in [4.69, 9.17) is 13.6 Å². The summed E-state index contributed by atoms with van der Waals surface area (Å²) in [5.41, 5.74) is -0.768. The highest BCUT2D eigenvalue weighted by Gasteiger charge is 2.50. The zero-order valence-corrected chi connectivity index (χ0v) is 17.1. The van der Waals surface area contributed by atoms with E-state index in [2.05, 4.69) is 10.1 Å². The van der Waals surface area contributed by atoms with E-state index in [0.29, 0.717) is 25.7 Å². The molecule has 0 bridgehead atoms. The Kier molecular flexibility index (Phi) is 7.55. The van der Waals surface area contributed by atoms with E-state index in [-0.39, 0.29) is 24.5 Å². The second-order valence-electron chi connectivity index (χ2n) is 7.63. The topological polar surface area (TPSA) is 143 Å². The maximum atomic E-state index is 12.9. The van der Waals surface area contributed by atoms with Crippen molar-refractivity contribution in [2.75, 3.05) is 20.3 Å². The van der Waals surface area contributed by atoms with Crippen LogP contribution in [0.3, 0.4) is 0 Å². The van der Waals surface area contributed by atoms with Crippen LogP contribution in [0.25, 0.3) is 0 Å². The predicted octanol–water partition coefficient (Wildman–Crippen LogP) is 1.82. The van der Waals surface area contributed by atoms with Gasteiger partial charge in [-0.25, -0.2) is 4.57 Å². The molecule has 1 saturated heterocycles. The Labute approximate surface area is 163 Å². The van der Waals surface area contributed by atoms with Crippen LogP contribution in [-0.2, 0) is 32.5 Å². The number of nitrogens with one attached hydrogen (secondary N) is 1.